The molecule has 0 aromatic heterocycles. The predicted octanol–water partition coefficient (Wildman–Crippen LogP) is 1.32. The number of nitrogens with two attached hydrogens (primary N) is 1. The summed E-state index contributed by atoms with van der Waals surface area (Å²) in [5.41, 5.74) is 5.35. The fourth-order valence-corrected chi connectivity index (χ4v) is 1.76. The summed E-state index contributed by atoms with van der Waals surface area (Å²) in [7, 11) is 0. The van der Waals surface area contributed by atoms with Gasteiger partial charge in [-0.1, -0.05) is 19.9 Å². The summed E-state index contributed by atoms with van der Waals surface area (Å²) in [5, 5.41) is 0. The van der Waals surface area contributed by atoms with Gasteiger partial charge in [0.25, 0.3) is 0 Å². The molecule has 2 atom stereocenters. The maximum absolute atomic E-state index is 12.1. The second-order valence-electron chi connectivity index (χ2n) is 5.12. The van der Waals surface area contributed by atoms with Gasteiger partial charge in [0.15, 0.2) is 11.6 Å². The van der Waals surface area contributed by atoms with Crippen molar-refractivity contribution in [2.45, 2.75) is 33.7 Å². The maximum atomic E-state index is 12.1. The molecule has 0 aliphatic heterocycles. The van der Waals surface area contributed by atoms with E-state index in [1.54, 1.807) is 6.08 Å². The van der Waals surface area contributed by atoms with Crippen molar-refractivity contribution < 1.29 is 9.59 Å². The van der Waals surface area contributed by atoms with E-state index < -0.39 is 11.3 Å². The van der Waals surface area contributed by atoms with Crippen LogP contribution < -0.4 is 5.73 Å². The average Bonchev–Trinajstić information content (AvgIpc) is 2.12. The molecular formula is C12H19NO2. The first-order valence-electron chi connectivity index (χ1n) is 5.30. The fourth-order valence-electron chi connectivity index (χ4n) is 1.76. The minimum atomic E-state index is -0.662. The monoisotopic (exact) mass is 209 g/mol. The van der Waals surface area contributed by atoms with Crippen molar-refractivity contribution in [3.8, 4) is 0 Å². The van der Waals surface area contributed by atoms with E-state index in [1.165, 1.54) is 6.08 Å². The summed E-state index contributed by atoms with van der Waals surface area (Å²) in [6.45, 7) is 7.49. The smallest absolute Gasteiger partial charge is 0.167 e. The standard InChI is InChI=1S/C12H19NO2/c1-7(2)10(13)9-8(14)5-6-12(3,4)11(9)15/h5-7,9-10H,13H2,1-4H3. The normalized spacial score (nSPS) is 27.2. The van der Waals surface area contributed by atoms with Gasteiger partial charge in [0.2, 0.25) is 0 Å². The SMILES string of the molecule is CC(C)C(N)C1C(=O)C=CC(C)(C)C1=O. The lowest BCUT2D eigenvalue weighted by atomic mass is 9.70. The van der Waals surface area contributed by atoms with Gasteiger partial charge in [0, 0.05) is 11.5 Å². The zero-order valence-electron chi connectivity index (χ0n) is 9.78. The van der Waals surface area contributed by atoms with Gasteiger partial charge in [-0.15, -0.1) is 0 Å². The number of Topliss-reactive ketones (excluding diaryl/α,β-unsaturated/α-hetero) is 1. The second-order valence-corrected chi connectivity index (χ2v) is 5.12. The topological polar surface area (TPSA) is 60.2 Å². The van der Waals surface area contributed by atoms with Crippen LogP contribution in [0.15, 0.2) is 12.2 Å². The Morgan fingerprint density at radius 3 is 2.33 bits per heavy atom. The molecule has 0 saturated carbocycles. The molecule has 3 heteroatoms. The number of carbonyl (C=O) groups is 2. The van der Waals surface area contributed by atoms with Gasteiger partial charge in [0.05, 0.1) is 5.92 Å². The van der Waals surface area contributed by atoms with Crippen LogP contribution in [0.3, 0.4) is 0 Å². The van der Waals surface area contributed by atoms with Crippen molar-refractivity contribution in [1.29, 1.82) is 0 Å². The van der Waals surface area contributed by atoms with E-state index in [-0.39, 0.29) is 23.5 Å². The van der Waals surface area contributed by atoms with Crippen molar-refractivity contribution in [2.75, 3.05) is 0 Å². The van der Waals surface area contributed by atoms with E-state index in [9.17, 15) is 9.59 Å². The quantitative estimate of drug-likeness (QED) is 0.698. The predicted molar refractivity (Wildman–Crippen MR) is 59.2 cm³/mol. The molecule has 0 bridgehead atoms. The molecule has 0 amide bonds. The van der Waals surface area contributed by atoms with Crippen LogP contribution >= 0.6 is 0 Å². The molecule has 2 unspecified atom stereocenters. The Bertz CT molecular complexity index is 316. The highest BCUT2D eigenvalue weighted by Crippen LogP contribution is 2.31. The molecule has 1 aliphatic carbocycles. The van der Waals surface area contributed by atoms with Crippen molar-refractivity contribution in [1.82, 2.24) is 0 Å². The Morgan fingerprint density at radius 1 is 1.33 bits per heavy atom. The molecule has 0 fully saturated rings. The summed E-state index contributed by atoms with van der Waals surface area (Å²) in [4.78, 5) is 23.7. The van der Waals surface area contributed by atoms with E-state index in [4.69, 9.17) is 5.73 Å². The van der Waals surface area contributed by atoms with Crippen LogP contribution in [0.1, 0.15) is 27.7 Å². The number of allylic oxidation sites excluding steroid dienone is 2. The fraction of sp³-hybridized carbons (Fsp3) is 0.667. The molecule has 1 rings (SSSR count). The van der Waals surface area contributed by atoms with Gasteiger partial charge < -0.3 is 5.73 Å². The van der Waals surface area contributed by atoms with Gasteiger partial charge in [-0.05, 0) is 25.8 Å². The number of hydrogen-bond donors (Lipinski definition) is 1. The highest BCUT2D eigenvalue weighted by Gasteiger charge is 2.42. The highest BCUT2D eigenvalue weighted by molar-refractivity contribution is 6.13. The van der Waals surface area contributed by atoms with Crippen molar-refractivity contribution in [3.63, 3.8) is 0 Å². The number of carbonyl (C=O) groups excluding carboxylic acids is 2. The Kier molecular flexibility index (Phi) is 3.14. The van der Waals surface area contributed by atoms with Gasteiger partial charge in [-0.25, -0.2) is 0 Å². The van der Waals surface area contributed by atoms with Gasteiger partial charge in [-0.3, -0.25) is 9.59 Å². The molecule has 0 aromatic carbocycles. The summed E-state index contributed by atoms with van der Waals surface area (Å²) in [5.74, 6) is -0.744. The van der Waals surface area contributed by atoms with Crippen LogP contribution in [0, 0.1) is 17.3 Å². The van der Waals surface area contributed by atoms with Crippen LogP contribution in [0.5, 0.6) is 0 Å². The first-order chi connectivity index (χ1) is 6.77. The molecule has 1 aliphatic rings. The van der Waals surface area contributed by atoms with Crippen LogP contribution in [0.2, 0.25) is 0 Å². The molecule has 2 N–H and O–H groups in total. The molecule has 0 saturated heterocycles. The summed E-state index contributed by atoms with van der Waals surface area (Å²) < 4.78 is 0. The Morgan fingerprint density at radius 2 is 1.87 bits per heavy atom. The molecule has 84 valence electrons. The molecule has 3 nitrogen and oxygen atoms in total. The lowest BCUT2D eigenvalue weighted by molar-refractivity contribution is -0.137. The minimum Gasteiger partial charge on any atom is -0.326 e. The van der Waals surface area contributed by atoms with Crippen LogP contribution in [0.4, 0.5) is 0 Å². The molecule has 0 spiro atoms. The van der Waals surface area contributed by atoms with Gasteiger partial charge in [0.1, 0.15) is 0 Å². The minimum absolute atomic E-state index is 0.0591. The summed E-state index contributed by atoms with van der Waals surface area (Å²) >= 11 is 0. The Labute approximate surface area is 90.7 Å². The zero-order chi connectivity index (χ0) is 11.8. The van der Waals surface area contributed by atoms with Crippen molar-refractivity contribution in [3.05, 3.63) is 12.2 Å². The van der Waals surface area contributed by atoms with E-state index in [0.717, 1.165) is 0 Å². The third-order valence-corrected chi connectivity index (χ3v) is 3.04. The molecule has 0 radical (unpaired) electrons. The maximum Gasteiger partial charge on any atom is 0.167 e. The van der Waals surface area contributed by atoms with E-state index >= 15 is 0 Å². The largest absolute Gasteiger partial charge is 0.326 e. The highest BCUT2D eigenvalue weighted by atomic mass is 16.2. The molecule has 0 heterocycles. The molecular weight excluding hydrogens is 190 g/mol. The first-order valence-corrected chi connectivity index (χ1v) is 5.30. The molecule has 15 heavy (non-hydrogen) atoms. The molecule has 0 aromatic rings. The Balaban J connectivity index is 3.04. The van der Waals surface area contributed by atoms with Crippen LogP contribution in [-0.4, -0.2) is 17.6 Å². The first kappa shape index (κ1) is 12.1. The zero-order valence-corrected chi connectivity index (χ0v) is 9.78. The van der Waals surface area contributed by atoms with Crippen LogP contribution in [-0.2, 0) is 9.59 Å². The lowest BCUT2D eigenvalue weighted by Gasteiger charge is -2.32. The van der Waals surface area contributed by atoms with Crippen LogP contribution in [0.25, 0.3) is 0 Å². The number of rotatable bonds is 2. The second kappa shape index (κ2) is 3.89. The van der Waals surface area contributed by atoms with Crippen molar-refractivity contribution in [2.24, 2.45) is 23.0 Å². The van der Waals surface area contributed by atoms with E-state index in [1.807, 2.05) is 27.7 Å². The van der Waals surface area contributed by atoms with E-state index in [0.29, 0.717) is 0 Å². The Hall–Kier alpha value is -0.960. The average molecular weight is 209 g/mol. The van der Waals surface area contributed by atoms with Gasteiger partial charge >= 0.3 is 0 Å². The summed E-state index contributed by atoms with van der Waals surface area (Å²) in [6.07, 6.45) is 3.16. The van der Waals surface area contributed by atoms with E-state index in [2.05, 4.69) is 0 Å². The van der Waals surface area contributed by atoms with Crippen molar-refractivity contribution >= 4 is 11.6 Å². The third kappa shape index (κ3) is 2.17. The third-order valence-electron chi connectivity index (χ3n) is 3.04. The lowest BCUT2D eigenvalue weighted by Crippen LogP contribution is -2.49. The van der Waals surface area contributed by atoms with Gasteiger partial charge in [-0.2, -0.15) is 0 Å². The number of ketones is 2. The number of hydrogen-bond acceptors (Lipinski definition) is 3. The summed E-state index contributed by atoms with van der Waals surface area (Å²) in [6, 6.07) is -0.380.